The number of esters is 1. The van der Waals surface area contributed by atoms with Crippen LogP contribution in [-0.2, 0) is 16.1 Å². The Morgan fingerprint density at radius 3 is 2.31 bits per heavy atom. The van der Waals surface area contributed by atoms with Crippen molar-refractivity contribution >= 4 is 11.9 Å². The van der Waals surface area contributed by atoms with E-state index in [1.54, 1.807) is 30.0 Å². The molecule has 0 fully saturated rings. The van der Waals surface area contributed by atoms with Gasteiger partial charge in [0.2, 0.25) is 0 Å². The number of nitrogens with zero attached hydrogens (tertiary/aromatic N) is 1. The molecule has 0 radical (unpaired) electrons. The molecule has 2 aromatic carbocycles. The molecule has 2 rings (SSSR count). The van der Waals surface area contributed by atoms with E-state index in [4.69, 9.17) is 9.47 Å². The number of hydrogen-bond donors (Lipinski definition) is 0. The fraction of sp³-hybridized carbons (Fsp3) is 0.333. The van der Waals surface area contributed by atoms with Crippen molar-refractivity contribution in [3.05, 3.63) is 65.2 Å². The van der Waals surface area contributed by atoms with Crippen LogP contribution in [0.5, 0.6) is 5.75 Å². The summed E-state index contributed by atoms with van der Waals surface area (Å²) in [4.78, 5) is 26.6. The number of carbonyl (C=O) groups excluding carboxylic acids is 2. The van der Waals surface area contributed by atoms with E-state index >= 15 is 0 Å². The summed E-state index contributed by atoms with van der Waals surface area (Å²) in [5.41, 5.74) is 2.62. The average Bonchev–Trinajstić information content (AvgIpc) is 2.67. The first-order valence-corrected chi connectivity index (χ1v) is 8.52. The third kappa shape index (κ3) is 4.85. The maximum atomic E-state index is 13.1. The standard InChI is InChI=1S/C21H25NO4/c1-15-9-11-17(12-10-15)14-22(13-16(2)21(24)26-4)20(23)18-7-5-6-8-19(18)25-3/h5-12,16H,13-14H2,1-4H3. The van der Waals surface area contributed by atoms with Gasteiger partial charge in [0.1, 0.15) is 5.75 Å². The van der Waals surface area contributed by atoms with Gasteiger partial charge in [0.15, 0.2) is 0 Å². The summed E-state index contributed by atoms with van der Waals surface area (Å²) in [7, 11) is 2.89. The van der Waals surface area contributed by atoms with Crippen molar-refractivity contribution in [2.45, 2.75) is 20.4 Å². The molecule has 0 aliphatic heterocycles. The molecule has 0 N–H and O–H groups in total. The highest BCUT2D eigenvalue weighted by Crippen LogP contribution is 2.21. The Morgan fingerprint density at radius 1 is 1.04 bits per heavy atom. The molecule has 0 aromatic heterocycles. The summed E-state index contributed by atoms with van der Waals surface area (Å²) in [5, 5.41) is 0. The van der Waals surface area contributed by atoms with Gasteiger partial charge < -0.3 is 14.4 Å². The minimum Gasteiger partial charge on any atom is -0.496 e. The van der Waals surface area contributed by atoms with Crippen LogP contribution in [0.4, 0.5) is 0 Å². The number of carbonyl (C=O) groups is 2. The molecule has 0 bridgehead atoms. The molecule has 1 atom stereocenters. The minimum absolute atomic E-state index is 0.182. The molecule has 5 heteroatoms. The maximum Gasteiger partial charge on any atom is 0.310 e. The third-order valence-corrected chi connectivity index (χ3v) is 4.22. The van der Waals surface area contributed by atoms with E-state index in [9.17, 15) is 9.59 Å². The number of aryl methyl sites for hydroxylation is 1. The Labute approximate surface area is 154 Å². The Bertz CT molecular complexity index is 755. The molecule has 0 aliphatic carbocycles. The smallest absolute Gasteiger partial charge is 0.310 e. The first-order chi connectivity index (χ1) is 12.5. The molecule has 1 unspecified atom stereocenters. The summed E-state index contributed by atoms with van der Waals surface area (Å²) < 4.78 is 10.1. The largest absolute Gasteiger partial charge is 0.496 e. The van der Waals surface area contributed by atoms with E-state index in [0.29, 0.717) is 17.9 Å². The van der Waals surface area contributed by atoms with Crippen molar-refractivity contribution in [2.75, 3.05) is 20.8 Å². The van der Waals surface area contributed by atoms with Crippen LogP contribution in [0.2, 0.25) is 0 Å². The van der Waals surface area contributed by atoms with Gasteiger partial charge in [-0.15, -0.1) is 0 Å². The number of rotatable bonds is 7. The molecule has 0 aliphatic rings. The molecule has 0 saturated carbocycles. The van der Waals surface area contributed by atoms with Crippen molar-refractivity contribution in [3.8, 4) is 5.75 Å². The molecular weight excluding hydrogens is 330 g/mol. The summed E-state index contributed by atoms with van der Waals surface area (Å²) >= 11 is 0. The van der Waals surface area contributed by atoms with Gasteiger partial charge in [0, 0.05) is 13.1 Å². The van der Waals surface area contributed by atoms with Gasteiger partial charge in [-0.3, -0.25) is 9.59 Å². The number of para-hydroxylation sites is 1. The van der Waals surface area contributed by atoms with E-state index in [1.165, 1.54) is 14.2 Å². The summed E-state index contributed by atoms with van der Waals surface area (Å²) in [6, 6.07) is 15.1. The molecular formula is C21H25NO4. The SMILES string of the molecule is COC(=O)C(C)CN(Cc1ccc(C)cc1)C(=O)c1ccccc1OC. The van der Waals surface area contributed by atoms with Crippen molar-refractivity contribution in [2.24, 2.45) is 5.92 Å². The molecule has 26 heavy (non-hydrogen) atoms. The Balaban J connectivity index is 2.30. The molecule has 0 saturated heterocycles. The zero-order valence-electron chi connectivity index (χ0n) is 15.7. The van der Waals surface area contributed by atoms with E-state index in [1.807, 2.05) is 37.3 Å². The number of hydrogen-bond acceptors (Lipinski definition) is 4. The lowest BCUT2D eigenvalue weighted by Gasteiger charge is -2.26. The molecule has 0 heterocycles. The maximum absolute atomic E-state index is 13.1. The van der Waals surface area contributed by atoms with Gasteiger partial charge in [-0.25, -0.2) is 0 Å². The minimum atomic E-state index is -0.427. The first-order valence-electron chi connectivity index (χ1n) is 8.52. The Morgan fingerprint density at radius 2 is 1.69 bits per heavy atom. The molecule has 2 aromatic rings. The van der Waals surface area contributed by atoms with E-state index in [2.05, 4.69) is 0 Å². The van der Waals surface area contributed by atoms with Gasteiger partial charge in [-0.05, 0) is 24.6 Å². The zero-order valence-corrected chi connectivity index (χ0v) is 15.7. The normalized spacial score (nSPS) is 11.5. The molecule has 0 spiro atoms. The van der Waals surface area contributed by atoms with Crippen LogP contribution in [0.15, 0.2) is 48.5 Å². The summed E-state index contributed by atoms with van der Waals surface area (Å²) in [6.07, 6.45) is 0. The highest BCUT2D eigenvalue weighted by molar-refractivity contribution is 5.97. The molecule has 5 nitrogen and oxygen atoms in total. The van der Waals surface area contributed by atoms with Gasteiger partial charge in [-0.1, -0.05) is 48.9 Å². The fourth-order valence-electron chi connectivity index (χ4n) is 2.73. The molecule has 138 valence electrons. The van der Waals surface area contributed by atoms with Crippen molar-refractivity contribution in [3.63, 3.8) is 0 Å². The topological polar surface area (TPSA) is 55.8 Å². The lowest BCUT2D eigenvalue weighted by atomic mass is 10.1. The van der Waals surface area contributed by atoms with Gasteiger partial charge in [0.05, 0.1) is 25.7 Å². The predicted molar refractivity (Wildman–Crippen MR) is 100 cm³/mol. The van der Waals surface area contributed by atoms with E-state index in [0.717, 1.165) is 11.1 Å². The van der Waals surface area contributed by atoms with Crippen molar-refractivity contribution in [1.29, 1.82) is 0 Å². The quantitative estimate of drug-likeness (QED) is 0.714. The third-order valence-electron chi connectivity index (χ3n) is 4.22. The summed E-state index contributed by atoms with van der Waals surface area (Å²) in [6.45, 7) is 4.43. The van der Waals surface area contributed by atoms with Gasteiger partial charge in [-0.2, -0.15) is 0 Å². The molecule has 1 amide bonds. The highest BCUT2D eigenvalue weighted by Gasteiger charge is 2.24. The van der Waals surface area contributed by atoms with Crippen LogP contribution in [0, 0.1) is 12.8 Å². The zero-order chi connectivity index (χ0) is 19.1. The van der Waals surface area contributed by atoms with Crippen LogP contribution in [0.25, 0.3) is 0 Å². The number of amides is 1. The second-order valence-electron chi connectivity index (χ2n) is 6.30. The second-order valence-corrected chi connectivity index (χ2v) is 6.30. The predicted octanol–water partition coefficient (Wildman–Crippen LogP) is 3.46. The monoisotopic (exact) mass is 355 g/mol. The second kappa shape index (κ2) is 9.04. The lowest BCUT2D eigenvalue weighted by molar-refractivity contribution is -0.145. The van der Waals surface area contributed by atoms with Gasteiger partial charge in [0.25, 0.3) is 5.91 Å². The average molecular weight is 355 g/mol. The highest BCUT2D eigenvalue weighted by atomic mass is 16.5. The van der Waals surface area contributed by atoms with Gasteiger partial charge >= 0.3 is 5.97 Å². The van der Waals surface area contributed by atoms with Crippen LogP contribution in [0.1, 0.15) is 28.4 Å². The first kappa shape index (κ1) is 19.5. The Hall–Kier alpha value is -2.82. The van der Waals surface area contributed by atoms with Crippen LogP contribution >= 0.6 is 0 Å². The van der Waals surface area contributed by atoms with Crippen LogP contribution in [0.3, 0.4) is 0 Å². The number of methoxy groups -OCH3 is 2. The summed E-state index contributed by atoms with van der Waals surface area (Å²) in [5.74, 6) is -0.438. The van der Waals surface area contributed by atoms with Crippen molar-refractivity contribution in [1.82, 2.24) is 4.90 Å². The lowest BCUT2D eigenvalue weighted by Crippen LogP contribution is -2.37. The van der Waals surface area contributed by atoms with Crippen LogP contribution < -0.4 is 4.74 Å². The number of ether oxygens (including phenoxy) is 2. The van der Waals surface area contributed by atoms with Crippen molar-refractivity contribution < 1.29 is 19.1 Å². The fourth-order valence-corrected chi connectivity index (χ4v) is 2.73. The van der Waals surface area contributed by atoms with E-state index < -0.39 is 5.92 Å². The van der Waals surface area contributed by atoms with Crippen LogP contribution in [-0.4, -0.2) is 37.5 Å². The Kier molecular flexibility index (Phi) is 6.78. The number of benzene rings is 2. The van der Waals surface area contributed by atoms with E-state index in [-0.39, 0.29) is 18.4 Å².